The highest BCUT2D eigenvalue weighted by Gasteiger charge is 2.14. The number of rotatable bonds is 7. The van der Waals surface area contributed by atoms with E-state index in [2.05, 4.69) is 5.32 Å². The maximum atomic E-state index is 11.8. The van der Waals surface area contributed by atoms with Gasteiger partial charge in [-0.1, -0.05) is 0 Å². The monoisotopic (exact) mass is 330 g/mol. The van der Waals surface area contributed by atoms with Crippen molar-refractivity contribution in [1.82, 2.24) is 0 Å². The van der Waals surface area contributed by atoms with Gasteiger partial charge in [0.1, 0.15) is 11.5 Å². The molecule has 126 valence electrons. The molecule has 0 aliphatic carbocycles. The van der Waals surface area contributed by atoms with E-state index in [0.29, 0.717) is 23.7 Å². The Labute approximate surface area is 139 Å². The molecule has 24 heavy (non-hydrogen) atoms. The van der Waals surface area contributed by atoms with Gasteiger partial charge in [0.2, 0.25) is 0 Å². The van der Waals surface area contributed by atoms with E-state index in [0.717, 1.165) is 5.56 Å². The van der Waals surface area contributed by atoms with Crippen molar-refractivity contribution in [2.45, 2.75) is 13.5 Å². The quantitative estimate of drug-likeness (QED) is 0.475. The number of hydrogen-bond donors (Lipinski definition) is 1. The van der Waals surface area contributed by atoms with E-state index in [4.69, 9.17) is 9.47 Å². The van der Waals surface area contributed by atoms with Crippen LogP contribution in [-0.4, -0.2) is 24.9 Å². The summed E-state index contributed by atoms with van der Waals surface area (Å²) in [5.74, 6) is 1.11. The summed E-state index contributed by atoms with van der Waals surface area (Å²) in [7, 11) is 3.14. The molecule has 7 heteroatoms. The average molecular weight is 330 g/mol. The van der Waals surface area contributed by atoms with Crippen LogP contribution in [0, 0.1) is 10.1 Å². The molecule has 2 rings (SSSR count). The van der Waals surface area contributed by atoms with Crippen molar-refractivity contribution in [3.8, 4) is 11.5 Å². The van der Waals surface area contributed by atoms with Crippen molar-refractivity contribution >= 4 is 17.2 Å². The zero-order valence-corrected chi connectivity index (χ0v) is 13.7. The number of carbonyl (C=O) groups excluding carboxylic acids is 1. The number of anilines is 1. The van der Waals surface area contributed by atoms with Gasteiger partial charge >= 0.3 is 0 Å². The largest absolute Gasteiger partial charge is 0.497 e. The predicted octanol–water partition coefficient (Wildman–Crippen LogP) is 3.43. The van der Waals surface area contributed by atoms with Crippen molar-refractivity contribution in [2.75, 3.05) is 19.5 Å². The summed E-state index contributed by atoms with van der Waals surface area (Å²) in [6, 6.07) is 9.56. The lowest BCUT2D eigenvalue weighted by Gasteiger charge is -2.14. The molecular weight excluding hydrogens is 312 g/mol. The van der Waals surface area contributed by atoms with Gasteiger partial charge in [-0.2, -0.15) is 0 Å². The second kappa shape index (κ2) is 7.45. The van der Waals surface area contributed by atoms with Crippen molar-refractivity contribution in [2.24, 2.45) is 0 Å². The molecule has 0 aromatic heterocycles. The maximum absolute atomic E-state index is 11.8. The Balaban J connectivity index is 2.29. The van der Waals surface area contributed by atoms with Gasteiger partial charge < -0.3 is 14.8 Å². The predicted molar refractivity (Wildman–Crippen MR) is 90.0 cm³/mol. The molecule has 2 aromatic carbocycles. The molecule has 0 saturated heterocycles. The molecule has 0 fully saturated rings. The maximum Gasteiger partial charge on any atom is 0.270 e. The number of nitro benzene ring substituents is 1. The van der Waals surface area contributed by atoms with Gasteiger partial charge in [-0.05, 0) is 31.2 Å². The SMILES string of the molecule is COc1ccc(OC)c(CNc2ccc([N+](=O)[O-])cc2C(C)=O)c1. The number of methoxy groups -OCH3 is 2. The van der Waals surface area contributed by atoms with Crippen LogP contribution >= 0.6 is 0 Å². The van der Waals surface area contributed by atoms with E-state index >= 15 is 0 Å². The van der Waals surface area contributed by atoms with Crippen LogP contribution in [0.25, 0.3) is 0 Å². The number of nitro groups is 1. The second-order valence-corrected chi connectivity index (χ2v) is 5.07. The summed E-state index contributed by atoms with van der Waals surface area (Å²) in [6.07, 6.45) is 0. The fourth-order valence-electron chi connectivity index (χ4n) is 2.30. The van der Waals surface area contributed by atoms with Gasteiger partial charge in [0.15, 0.2) is 5.78 Å². The summed E-state index contributed by atoms with van der Waals surface area (Å²) in [6.45, 7) is 1.74. The first-order valence-corrected chi connectivity index (χ1v) is 7.20. The highest BCUT2D eigenvalue weighted by Crippen LogP contribution is 2.27. The molecule has 0 saturated carbocycles. The standard InChI is InChI=1S/C17H18N2O5/c1-11(20)15-9-13(19(21)22)4-6-16(15)18-10-12-8-14(23-2)5-7-17(12)24-3/h4-9,18H,10H2,1-3H3. The third-order valence-corrected chi connectivity index (χ3v) is 3.55. The molecular formula is C17H18N2O5. The van der Waals surface area contributed by atoms with Crippen LogP contribution in [0.15, 0.2) is 36.4 Å². The molecule has 0 unspecified atom stereocenters. The summed E-state index contributed by atoms with van der Waals surface area (Å²) >= 11 is 0. The van der Waals surface area contributed by atoms with E-state index in [1.54, 1.807) is 26.4 Å². The number of carbonyl (C=O) groups is 1. The number of benzene rings is 2. The van der Waals surface area contributed by atoms with E-state index in [9.17, 15) is 14.9 Å². The number of ether oxygens (including phenoxy) is 2. The number of hydrogen-bond acceptors (Lipinski definition) is 6. The Morgan fingerprint density at radius 3 is 2.50 bits per heavy atom. The zero-order valence-electron chi connectivity index (χ0n) is 13.7. The fraction of sp³-hybridized carbons (Fsp3) is 0.235. The fourth-order valence-corrected chi connectivity index (χ4v) is 2.30. The normalized spacial score (nSPS) is 10.1. The number of non-ortho nitro benzene ring substituents is 1. The molecule has 0 amide bonds. The van der Waals surface area contributed by atoms with E-state index in [1.807, 2.05) is 6.07 Å². The van der Waals surface area contributed by atoms with Crippen molar-refractivity contribution < 1.29 is 19.2 Å². The number of ketones is 1. The molecule has 0 atom stereocenters. The minimum atomic E-state index is -0.526. The Morgan fingerprint density at radius 2 is 1.92 bits per heavy atom. The highest BCUT2D eigenvalue weighted by atomic mass is 16.6. The second-order valence-electron chi connectivity index (χ2n) is 5.07. The Morgan fingerprint density at radius 1 is 1.17 bits per heavy atom. The van der Waals surface area contributed by atoms with Gasteiger partial charge in [-0.3, -0.25) is 14.9 Å². The van der Waals surface area contributed by atoms with E-state index in [1.165, 1.54) is 25.1 Å². The summed E-state index contributed by atoms with van der Waals surface area (Å²) in [4.78, 5) is 22.1. The summed E-state index contributed by atoms with van der Waals surface area (Å²) < 4.78 is 10.5. The Bertz CT molecular complexity index is 774. The molecule has 0 aliphatic heterocycles. The molecule has 0 aliphatic rings. The summed E-state index contributed by atoms with van der Waals surface area (Å²) in [5.41, 5.74) is 1.51. The van der Waals surface area contributed by atoms with Gasteiger partial charge in [0, 0.05) is 35.5 Å². The van der Waals surface area contributed by atoms with Gasteiger partial charge in [-0.25, -0.2) is 0 Å². The lowest BCUT2D eigenvalue weighted by molar-refractivity contribution is -0.384. The number of Topliss-reactive ketones (excluding diaryl/α,β-unsaturated/α-hetero) is 1. The van der Waals surface area contributed by atoms with Crippen LogP contribution in [0.4, 0.5) is 11.4 Å². The van der Waals surface area contributed by atoms with Crippen LogP contribution < -0.4 is 14.8 Å². The van der Waals surface area contributed by atoms with Crippen LogP contribution in [0.2, 0.25) is 0 Å². The Kier molecular flexibility index (Phi) is 5.36. The summed E-state index contributed by atoms with van der Waals surface area (Å²) in [5, 5.41) is 14.0. The van der Waals surface area contributed by atoms with Crippen LogP contribution in [0.5, 0.6) is 11.5 Å². The van der Waals surface area contributed by atoms with Crippen molar-refractivity contribution in [1.29, 1.82) is 0 Å². The molecule has 0 heterocycles. The van der Waals surface area contributed by atoms with E-state index in [-0.39, 0.29) is 17.0 Å². The molecule has 7 nitrogen and oxygen atoms in total. The number of nitrogens with one attached hydrogen (secondary N) is 1. The van der Waals surface area contributed by atoms with Gasteiger partial charge in [0.05, 0.1) is 19.1 Å². The molecule has 0 bridgehead atoms. The average Bonchev–Trinajstić information content (AvgIpc) is 2.59. The topological polar surface area (TPSA) is 90.7 Å². The number of nitrogens with zero attached hydrogens (tertiary/aromatic N) is 1. The molecule has 0 radical (unpaired) electrons. The van der Waals surface area contributed by atoms with Crippen molar-refractivity contribution in [3.63, 3.8) is 0 Å². The van der Waals surface area contributed by atoms with E-state index < -0.39 is 4.92 Å². The lowest BCUT2D eigenvalue weighted by atomic mass is 10.1. The minimum Gasteiger partial charge on any atom is -0.497 e. The molecule has 0 spiro atoms. The van der Waals surface area contributed by atoms with Crippen LogP contribution in [-0.2, 0) is 6.54 Å². The first-order valence-electron chi connectivity index (χ1n) is 7.20. The molecule has 2 aromatic rings. The van der Waals surface area contributed by atoms with Crippen LogP contribution in [0.1, 0.15) is 22.8 Å². The first-order chi connectivity index (χ1) is 11.5. The van der Waals surface area contributed by atoms with Crippen molar-refractivity contribution in [3.05, 3.63) is 57.6 Å². The third kappa shape index (κ3) is 3.81. The van der Waals surface area contributed by atoms with Gasteiger partial charge in [-0.15, -0.1) is 0 Å². The minimum absolute atomic E-state index is 0.121. The zero-order chi connectivity index (χ0) is 17.7. The highest BCUT2D eigenvalue weighted by molar-refractivity contribution is 6.00. The lowest BCUT2D eigenvalue weighted by Crippen LogP contribution is -2.07. The molecule has 1 N–H and O–H groups in total. The van der Waals surface area contributed by atoms with Gasteiger partial charge in [0.25, 0.3) is 5.69 Å². The first kappa shape index (κ1) is 17.3. The smallest absolute Gasteiger partial charge is 0.270 e. The third-order valence-electron chi connectivity index (χ3n) is 3.55. The van der Waals surface area contributed by atoms with Crippen LogP contribution in [0.3, 0.4) is 0 Å². The Hall–Kier alpha value is -3.09.